The Kier molecular flexibility index (Phi) is 6.68. The van der Waals surface area contributed by atoms with Crippen molar-refractivity contribution in [3.63, 3.8) is 0 Å². The predicted molar refractivity (Wildman–Crippen MR) is 80.7 cm³/mol. The van der Waals surface area contributed by atoms with Gasteiger partial charge in [-0.25, -0.2) is 0 Å². The van der Waals surface area contributed by atoms with E-state index < -0.39 is 0 Å². The summed E-state index contributed by atoms with van der Waals surface area (Å²) in [5, 5.41) is 2.87. The molecule has 104 valence electrons. The number of nitrogens with one attached hydrogen (secondary N) is 1. The van der Waals surface area contributed by atoms with Crippen molar-refractivity contribution in [3.05, 3.63) is 35.9 Å². The van der Waals surface area contributed by atoms with Gasteiger partial charge in [0.15, 0.2) is 0 Å². The van der Waals surface area contributed by atoms with Crippen LogP contribution < -0.4 is 11.1 Å². The number of carbonyl (C=O) groups is 1. The van der Waals surface area contributed by atoms with Gasteiger partial charge in [0, 0.05) is 24.9 Å². The van der Waals surface area contributed by atoms with Crippen molar-refractivity contribution in [2.45, 2.75) is 13.8 Å². The van der Waals surface area contributed by atoms with Crippen LogP contribution in [0.3, 0.4) is 0 Å². The third-order valence-electron chi connectivity index (χ3n) is 2.96. The molecule has 1 amide bonds. The molecular weight excluding hydrogens is 238 g/mol. The van der Waals surface area contributed by atoms with Gasteiger partial charge in [0.1, 0.15) is 0 Å². The molecule has 3 N–H and O–H groups in total. The monoisotopic (exact) mass is 261 g/mol. The van der Waals surface area contributed by atoms with E-state index in [1.54, 1.807) is 6.08 Å². The maximum Gasteiger partial charge on any atom is 0.244 e. The van der Waals surface area contributed by atoms with E-state index in [0.717, 1.165) is 25.2 Å². The summed E-state index contributed by atoms with van der Waals surface area (Å²) in [5.41, 5.74) is 7.30. The number of carbonyl (C=O) groups excluding carboxylic acids is 1. The number of hydrogen-bond acceptors (Lipinski definition) is 3. The Balaban J connectivity index is 2.35. The number of rotatable bonds is 7. The number of nitrogen functional groups attached to an aromatic ring is 1. The lowest BCUT2D eigenvalue weighted by atomic mass is 10.2. The van der Waals surface area contributed by atoms with Gasteiger partial charge in [0.2, 0.25) is 5.91 Å². The van der Waals surface area contributed by atoms with E-state index >= 15 is 0 Å². The molecule has 0 saturated heterocycles. The minimum absolute atomic E-state index is 0.0745. The Hall–Kier alpha value is -1.81. The summed E-state index contributed by atoms with van der Waals surface area (Å²) in [6, 6.07) is 7.44. The van der Waals surface area contributed by atoms with Crippen molar-refractivity contribution in [2.24, 2.45) is 0 Å². The number of nitrogens with two attached hydrogens (primary N) is 1. The van der Waals surface area contributed by atoms with Crippen LogP contribution >= 0.6 is 0 Å². The minimum Gasteiger partial charge on any atom is -0.399 e. The van der Waals surface area contributed by atoms with Crippen molar-refractivity contribution < 1.29 is 4.79 Å². The minimum atomic E-state index is -0.0745. The molecule has 4 nitrogen and oxygen atoms in total. The molecule has 0 aliphatic heterocycles. The molecule has 0 unspecified atom stereocenters. The van der Waals surface area contributed by atoms with Gasteiger partial charge in [-0.15, -0.1) is 0 Å². The van der Waals surface area contributed by atoms with E-state index in [0.29, 0.717) is 12.2 Å². The first kappa shape index (κ1) is 15.2. The van der Waals surface area contributed by atoms with E-state index in [2.05, 4.69) is 24.1 Å². The van der Waals surface area contributed by atoms with Crippen LogP contribution in [0, 0.1) is 0 Å². The number of benzene rings is 1. The molecule has 0 radical (unpaired) electrons. The van der Waals surface area contributed by atoms with Crippen molar-refractivity contribution >= 4 is 17.7 Å². The van der Waals surface area contributed by atoms with Gasteiger partial charge < -0.3 is 16.0 Å². The molecule has 0 atom stereocenters. The van der Waals surface area contributed by atoms with E-state index in [9.17, 15) is 4.79 Å². The molecular formula is C15H23N3O. The number of nitrogens with zero attached hydrogens (tertiary/aromatic N) is 1. The first-order valence-electron chi connectivity index (χ1n) is 6.69. The van der Waals surface area contributed by atoms with Crippen LogP contribution in [0.4, 0.5) is 5.69 Å². The number of hydrogen-bond donors (Lipinski definition) is 2. The molecule has 0 spiro atoms. The quantitative estimate of drug-likeness (QED) is 0.580. The van der Waals surface area contributed by atoms with Gasteiger partial charge in [-0.3, -0.25) is 4.79 Å². The van der Waals surface area contributed by atoms with Crippen LogP contribution in [0.2, 0.25) is 0 Å². The molecule has 4 heteroatoms. The number of amides is 1. The maximum absolute atomic E-state index is 11.6. The van der Waals surface area contributed by atoms with Crippen LogP contribution in [0.25, 0.3) is 6.08 Å². The second-order valence-electron chi connectivity index (χ2n) is 4.32. The van der Waals surface area contributed by atoms with E-state index in [4.69, 9.17) is 5.73 Å². The van der Waals surface area contributed by atoms with Crippen molar-refractivity contribution in [1.82, 2.24) is 10.2 Å². The van der Waals surface area contributed by atoms with Crippen LogP contribution in [0.15, 0.2) is 30.3 Å². The van der Waals surface area contributed by atoms with Crippen LogP contribution in [0.1, 0.15) is 19.4 Å². The normalized spacial score (nSPS) is 11.1. The number of anilines is 1. The standard InChI is InChI=1S/C15H23N3O/c1-3-18(4-2)11-10-17-15(19)9-8-13-6-5-7-14(16)12-13/h5-9,12H,3-4,10-11,16H2,1-2H3,(H,17,19)/b9-8+. The Morgan fingerprint density at radius 1 is 1.37 bits per heavy atom. The molecule has 1 aromatic carbocycles. The average Bonchev–Trinajstić information content (AvgIpc) is 2.41. The fourth-order valence-corrected chi connectivity index (χ4v) is 1.77. The second-order valence-corrected chi connectivity index (χ2v) is 4.32. The average molecular weight is 261 g/mol. The lowest BCUT2D eigenvalue weighted by Gasteiger charge is -2.17. The molecule has 0 bridgehead atoms. The first-order valence-corrected chi connectivity index (χ1v) is 6.69. The molecule has 0 aliphatic carbocycles. The smallest absolute Gasteiger partial charge is 0.244 e. The molecule has 19 heavy (non-hydrogen) atoms. The molecule has 0 aliphatic rings. The van der Waals surface area contributed by atoms with Crippen LogP contribution in [-0.2, 0) is 4.79 Å². The highest BCUT2D eigenvalue weighted by atomic mass is 16.1. The van der Waals surface area contributed by atoms with Gasteiger partial charge in [-0.1, -0.05) is 26.0 Å². The Morgan fingerprint density at radius 3 is 2.74 bits per heavy atom. The van der Waals surface area contributed by atoms with E-state index in [1.165, 1.54) is 6.08 Å². The summed E-state index contributed by atoms with van der Waals surface area (Å²) in [4.78, 5) is 13.9. The van der Waals surface area contributed by atoms with Crippen molar-refractivity contribution in [1.29, 1.82) is 0 Å². The van der Waals surface area contributed by atoms with Gasteiger partial charge in [0.25, 0.3) is 0 Å². The first-order chi connectivity index (χ1) is 9.15. The lowest BCUT2D eigenvalue weighted by Crippen LogP contribution is -2.34. The summed E-state index contributed by atoms with van der Waals surface area (Å²) < 4.78 is 0. The van der Waals surface area contributed by atoms with E-state index in [-0.39, 0.29) is 5.91 Å². The summed E-state index contributed by atoms with van der Waals surface area (Å²) in [5.74, 6) is -0.0745. The fourth-order valence-electron chi connectivity index (χ4n) is 1.77. The highest BCUT2D eigenvalue weighted by Crippen LogP contribution is 2.07. The van der Waals surface area contributed by atoms with Crippen LogP contribution in [-0.4, -0.2) is 37.0 Å². The Labute approximate surface area is 115 Å². The highest BCUT2D eigenvalue weighted by Gasteiger charge is 1.99. The lowest BCUT2D eigenvalue weighted by molar-refractivity contribution is -0.116. The molecule has 0 fully saturated rings. The Bertz CT molecular complexity index is 425. The topological polar surface area (TPSA) is 58.4 Å². The van der Waals surface area contributed by atoms with E-state index in [1.807, 2.05) is 24.3 Å². The maximum atomic E-state index is 11.6. The van der Waals surface area contributed by atoms with Gasteiger partial charge in [0.05, 0.1) is 0 Å². The zero-order valence-corrected chi connectivity index (χ0v) is 11.7. The summed E-state index contributed by atoms with van der Waals surface area (Å²) in [6.45, 7) is 7.79. The van der Waals surface area contributed by atoms with Gasteiger partial charge in [-0.05, 0) is 36.9 Å². The largest absolute Gasteiger partial charge is 0.399 e. The molecule has 1 aromatic rings. The van der Waals surface area contributed by atoms with Crippen molar-refractivity contribution in [3.8, 4) is 0 Å². The second kappa shape index (κ2) is 8.32. The third kappa shape index (κ3) is 6.06. The zero-order chi connectivity index (χ0) is 14.1. The molecule has 0 saturated carbocycles. The zero-order valence-electron chi connectivity index (χ0n) is 11.7. The summed E-state index contributed by atoms with van der Waals surface area (Å²) >= 11 is 0. The molecule has 0 aromatic heterocycles. The fraction of sp³-hybridized carbons (Fsp3) is 0.400. The molecule has 0 heterocycles. The highest BCUT2D eigenvalue weighted by molar-refractivity contribution is 5.91. The summed E-state index contributed by atoms with van der Waals surface area (Å²) in [6.07, 6.45) is 3.31. The van der Waals surface area contributed by atoms with Crippen molar-refractivity contribution in [2.75, 3.05) is 31.9 Å². The van der Waals surface area contributed by atoms with Gasteiger partial charge in [-0.2, -0.15) is 0 Å². The Morgan fingerprint density at radius 2 is 2.11 bits per heavy atom. The molecule has 1 rings (SSSR count). The summed E-state index contributed by atoms with van der Waals surface area (Å²) in [7, 11) is 0. The van der Waals surface area contributed by atoms with Crippen LogP contribution in [0.5, 0.6) is 0 Å². The number of likely N-dealkylation sites (N-methyl/N-ethyl adjacent to an activating group) is 1. The SMILES string of the molecule is CCN(CC)CCNC(=O)/C=C/c1cccc(N)c1. The third-order valence-corrected chi connectivity index (χ3v) is 2.96. The predicted octanol–water partition coefficient (Wildman–Crippen LogP) is 1.74. The van der Waals surface area contributed by atoms with Gasteiger partial charge >= 0.3 is 0 Å².